The number of hydrogen-bond acceptors (Lipinski definition) is 8. The molecule has 45 heavy (non-hydrogen) atoms. The molecule has 4 heterocycles. The number of alkyl halides is 1. The van der Waals surface area contributed by atoms with E-state index in [-0.39, 0.29) is 36.6 Å². The lowest BCUT2D eigenvalue weighted by atomic mass is 9.82. The lowest BCUT2D eigenvalue weighted by Crippen LogP contribution is -2.41. The van der Waals surface area contributed by atoms with Crippen molar-refractivity contribution in [1.29, 1.82) is 0 Å². The smallest absolute Gasteiger partial charge is 0.399 e. The van der Waals surface area contributed by atoms with Gasteiger partial charge in [0, 0.05) is 65.1 Å². The largest absolute Gasteiger partial charge is 0.498 e. The Morgan fingerprint density at radius 2 is 1.18 bits per heavy atom. The van der Waals surface area contributed by atoms with Crippen LogP contribution in [-0.4, -0.2) is 92.0 Å². The summed E-state index contributed by atoms with van der Waals surface area (Å²) < 4.78 is 36.2. The summed E-state index contributed by atoms with van der Waals surface area (Å²) >= 11 is 5.32. The normalized spacial score (nSPS) is 20.0. The molecular weight excluding hydrogens is 626 g/mol. The highest BCUT2D eigenvalue weighted by atomic mass is 35.5. The van der Waals surface area contributed by atoms with Crippen LogP contribution in [-0.2, 0) is 34.8 Å². The van der Waals surface area contributed by atoms with Crippen molar-refractivity contribution in [3.05, 3.63) is 24.8 Å². The number of nitrogens with one attached hydrogen (secondary N) is 1. The standard InChI is InChI=1S/C15H29BN2O3Si.C9H15BN2O2.C6H15ClOSi/c1-14(2)15(3,4)21-16(20-14)13-10-17-18(11-13)12-19-8-9-22(5,6)7;1-8(2)9(3,4)14-10(13-8)7-5-11-12-6-7;1-9(2,3)5-4-8-6-7/h10-11H,8-9,12H2,1-7H3;5-6H,1-4H3,(H,11,12);4-6H2,1-3H3. The first-order chi connectivity index (χ1) is 20.5. The molecule has 1 N–H and O–H groups in total. The monoisotopic (exact) mass is 684 g/mol. The third kappa shape index (κ3) is 12.9. The highest BCUT2D eigenvalue weighted by Gasteiger charge is 2.53. The van der Waals surface area contributed by atoms with E-state index in [1.54, 1.807) is 23.3 Å². The topological polar surface area (TPSA) is 102 Å². The number of ether oxygens (including phenoxy) is 2. The molecule has 256 valence electrons. The summed E-state index contributed by atoms with van der Waals surface area (Å²) in [7, 11) is -2.58. The van der Waals surface area contributed by atoms with E-state index in [1.165, 1.54) is 12.1 Å². The summed E-state index contributed by atoms with van der Waals surface area (Å²) in [5, 5.41) is 11.0. The highest BCUT2D eigenvalue weighted by Crippen LogP contribution is 2.37. The van der Waals surface area contributed by atoms with Crippen LogP contribution in [0.15, 0.2) is 24.8 Å². The fourth-order valence-electron chi connectivity index (χ4n) is 3.89. The molecule has 2 saturated heterocycles. The number of H-pyrrole nitrogens is 1. The first kappa shape index (κ1) is 40.2. The summed E-state index contributed by atoms with van der Waals surface area (Å²) in [6.07, 6.45) is 7.25. The van der Waals surface area contributed by atoms with Gasteiger partial charge < -0.3 is 28.1 Å². The molecular formula is C30H59B2ClN4O6Si2. The van der Waals surface area contributed by atoms with Crippen LogP contribution in [0.5, 0.6) is 0 Å². The first-order valence-electron chi connectivity index (χ1n) is 15.9. The van der Waals surface area contributed by atoms with Crippen molar-refractivity contribution in [2.75, 3.05) is 19.3 Å². The van der Waals surface area contributed by atoms with Crippen molar-refractivity contribution in [2.45, 2.75) is 136 Å². The second-order valence-corrected chi connectivity index (χ2v) is 27.7. The van der Waals surface area contributed by atoms with Crippen LogP contribution in [0.25, 0.3) is 0 Å². The molecule has 2 aliphatic rings. The van der Waals surface area contributed by atoms with E-state index in [2.05, 4.69) is 82.3 Å². The molecule has 2 fully saturated rings. The van der Waals surface area contributed by atoms with Gasteiger partial charge in [0.2, 0.25) is 0 Å². The van der Waals surface area contributed by atoms with Gasteiger partial charge in [0.25, 0.3) is 0 Å². The summed E-state index contributed by atoms with van der Waals surface area (Å²) in [4.78, 5) is 0. The summed E-state index contributed by atoms with van der Waals surface area (Å²) in [6, 6.07) is 2.71. The van der Waals surface area contributed by atoms with Gasteiger partial charge in [0.15, 0.2) is 0 Å². The van der Waals surface area contributed by atoms with E-state index in [0.717, 1.165) is 24.1 Å². The predicted octanol–water partition coefficient (Wildman–Crippen LogP) is 5.74. The van der Waals surface area contributed by atoms with E-state index in [0.29, 0.717) is 12.8 Å². The van der Waals surface area contributed by atoms with E-state index in [1.807, 2.05) is 33.9 Å². The van der Waals surface area contributed by atoms with Gasteiger partial charge in [0.1, 0.15) is 12.8 Å². The second-order valence-electron chi connectivity index (χ2n) is 16.2. The zero-order valence-corrected chi connectivity index (χ0v) is 33.1. The van der Waals surface area contributed by atoms with Crippen LogP contribution >= 0.6 is 11.6 Å². The molecule has 10 nitrogen and oxygen atoms in total. The van der Waals surface area contributed by atoms with Crippen LogP contribution in [0.1, 0.15) is 55.4 Å². The first-order valence-corrected chi connectivity index (χ1v) is 23.9. The molecule has 0 spiro atoms. The number of hydrogen-bond donors (Lipinski definition) is 1. The Hall–Kier alpha value is -0.966. The fraction of sp³-hybridized carbons (Fsp3) is 0.800. The van der Waals surface area contributed by atoms with Crippen LogP contribution in [0.4, 0.5) is 0 Å². The van der Waals surface area contributed by atoms with Crippen LogP contribution in [0.3, 0.4) is 0 Å². The van der Waals surface area contributed by atoms with Crippen molar-refractivity contribution in [3.8, 4) is 0 Å². The average Bonchev–Trinajstić information content (AvgIpc) is 3.64. The third-order valence-corrected chi connectivity index (χ3v) is 12.1. The van der Waals surface area contributed by atoms with Crippen LogP contribution in [0.2, 0.25) is 51.4 Å². The Balaban J connectivity index is 0.000000262. The predicted molar refractivity (Wildman–Crippen MR) is 191 cm³/mol. The molecule has 0 bridgehead atoms. The lowest BCUT2D eigenvalue weighted by Gasteiger charge is -2.32. The Kier molecular flexibility index (Phi) is 14.3. The van der Waals surface area contributed by atoms with Gasteiger partial charge in [-0.2, -0.15) is 10.2 Å². The summed E-state index contributed by atoms with van der Waals surface area (Å²) in [5.41, 5.74) is 0.654. The molecule has 0 radical (unpaired) electrons. The zero-order valence-electron chi connectivity index (χ0n) is 30.4. The van der Waals surface area contributed by atoms with Gasteiger partial charge >= 0.3 is 14.2 Å². The maximum absolute atomic E-state index is 6.02. The minimum Gasteiger partial charge on any atom is -0.399 e. The molecule has 0 unspecified atom stereocenters. The summed E-state index contributed by atoms with van der Waals surface area (Å²) in [6.45, 7) is 32.5. The molecule has 0 saturated carbocycles. The van der Waals surface area contributed by atoms with Gasteiger partial charge in [-0.25, -0.2) is 4.68 Å². The molecule has 0 atom stereocenters. The van der Waals surface area contributed by atoms with Crippen molar-refractivity contribution >= 4 is 52.9 Å². The maximum atomic E-state index is 6.02. The van der Waals surface area contributed by atoms with Gasteiger partial charge in [-0.05, 0) is 67.5 Å². The Bertz CT molecular complexity index is 1120. The molecule has 0 amide bonds. The van der Waals surface area contributed by atoms with Crippen LogP contribution in [0, 0.1) is 0 Å². The average molecular weight is 685 g/mol. The SMILES string of the molecule is CC1(C)OB(c2cn[nH]c2)OC1(C)C.CC1(C)OB(c2cnn(COCC[Si](C)(C)C)c2)OC1(C)C.C[Si](C)(C)CCOCCl. The minimum absolute atomic E-state index is 0.283. The molecule has 0 aromatic carbocycles. The molecule has 2 aromatic heterocycles. The maximum Gasteiger partial charge on any atom is 0.498 e. The quantitative estimate of drug-likeness (QED) is 0.182. The summed E-state index contributed by atoms with van der Waals surface area (Å²) in [5.74, 6) is 0. The number of halogens is 1. The van der Waals surface area contributed by atoms with Crippen molar-refractivity contribution < 1.29 is 28.1 Å². The molecule has 0 aliphatic carbocycles. The van der Waals surface area contributed by atoms with Crippen molar-refractivity contribution in [1.82, 2.24) is 20.0 Å². The number of aromatic amines is 1. The Morgan fingerprint density at radius 1 is 0.733 bits per heavy atom. The molecule has 4 rings (SSSR count). The Morgan fingerprint density at radius 3 is 1.58 bits per heavy atom. The molecule has 2 aliphatic heterocycles. The number of rotatable bonds is 11. The van der Waals surface area contributed by atoms with E-state index in [4.69, 9.17) is 39.7 Å². The lowest BCUT2D eigenvalue weighted by molar-refractivity contribution is 0.00578. The van der Waals surface area contributed by atoms with Crippen molar-refractivity contribution in [2.24, 2.45) is 0 Å². The fourth-order valence-corrected chi connectivity index (χ4v) is 5.51. The highest BCUT2D eigenvalue weighted by molar-refractivity contribution is 6.76. The Labute approximate surface area is 280 Å². The van der Waals surface area contributed by atoms with Crippen molar-refractivity contribution in [3.63, 3.8) is 0 Å². The van der Waals surface area contributed by atoms with Crippen LogP contribution < -0.4 is 10.9 Å². The van der Waals surface area contributed by atoms with E-state index < -0.39 is 16.1 Å². The molecule has 2 aromatic rings. The second kappa shape index (κ2) is 16.0. The van der Waals surface area contributed by atoms with Gasteiger partial charge in [-0.1, -0.05) is 50.9 Å². The van der Waals surface area contributed by atoms with E-state index in [9.17, 15) is 0 Å². The number of aromatic nitrogens is 4. The molecule has 15 heteroatoms. The van der Waals surface area contributed by atoms with E-state index >= 15 is 0 Å². The zero-order chi connectivity index (χ0) is 34.3. The minimum atomic E-state index is -1.04. The van der Waals surface area contributed by atoms with Gasteiger partial charge in [-0.15, -0.1) is 0 Å². The van der Waals surface area contributed by atoms with Gasteiger partial charge in [-0.3, -0.25) is 5.10 Å². The third-order valence-electron chi connectivity index (χ3n) is 8.52. The number of nitrogens with zero attached hydrogens (tertiary/aromatic N) is 3. The van der Waals surface area contributed by atoms with Gasteiger partial charge in [0.05, 0.1) is 22.4 Å².